The van der Waals surface area contributed by atoms with Gasteiger partial charge in [0.05, 0.1) is 23.8 Å². The van der Waals surface area contributed by atoms with E-state index in [1.165, 1.54) is 0 Å². The lowest BCUT2D eigenvalue weighted by Gasteiger charge is -2.16. The van der Waals surface area contributed by atoms with Crippen LogP contribution in [-0.4, -0.2) is 18.3 Å². The van der Waals surface area contributed by atoms with Crippen molar-refractivity contribution < 1.29 is 14.6 Å². The van der Waals surface area contributed by atoms with Crippen molar-refractivity contribution in [3.05, 3.63) is 22.2 Å². The third-order valence-electron chi connectivity index (χ3n) is 2.39. The first-order chi connectivity index (χ1) is 8.13. The van der Waals surface area contributed by atoms with Gasteiger partial charge in [0.15, 0.2) is 11.5 Å². The molecule has 0 amide bonds. The molecule has 3 nitrogen and oxygen atoms in total. The Bertz CT molecular complexity index is 366. The lowest BCUT2D eigenvalue weighted by molar-refractivity contribution is 0.172. The van der Waals surface area contributed by atoms with Gasteiger partial charge in [0.1, 0.15) is 0 Å². The van der Waals surface area contributed by atoms with Crippen molar-refractivity contribution >= 4 is 15.9 Å². The molecule has 0 bridgehead atoms. The second kappa shape index (κ2) is 6.87. The third-order valence-corrected chi connectivity index (χ3v) is 2.98. The van der Waals surface area contributed by atoms with Crippen molar-refractivity contribution in [3.8, 4) is 11.5 Å². The molecule has 1 unspecified atom stereocenters. The van der Waals surface area contributed by atoms with Gasteiger partial charge >= 0.3 is 0 Å². The average molecular weight is 303 g/mol. The third kappa shape index (κ3) is 3.61. The van der Waals surface area contributed by atoms with E-state index >= 15 is 0 Å². The SMILES string of the molecule is CCOc1cc(C(O)CC)cc(Br)c1OCC. The van der Waals surface area contributed by atoms with Crippen LogP contribution in [0.4, 0.5) is 0 Å². The fourth-order valence-electron chi connectivity index (χ4n) is 1.56. The van der Waals surface area contributed by atoms with E-state index in [9.17, 15) is 5.11 Å². The Kier molecular flexibility index (Phi) is 5.78. The van der Waals surface area contributed by atoms with Crippen molar-refractivity contribution in [2.45, 2.75) is 33.3 Å². The molecule has 4 heteroatoms. The molecule has 0 aliphatic rings. The molecular weight excluding hydrogens is 284 g/mol. The Labute approximate surface area is 111 Å². The molecule has 1 N–H and O–H groups in total. The van der Waals surface area contributed by atoms with E-state index in [1.807, 2.05) is 32.9 Å². The van der Waals surface area contributed by atoms with Gasteiger partial charge in [0, 0.05) is 0 Å². The predicted molar refractivity (Wildman–Crippen MR) is 71.7 cm³/mol. The van der Waals surface area contributed by atoms with E-state index in [2.05, 4.69) is 15.9 Å². The summed E-state index contributed by atoms with van der Waals surface area (Å²) in [5, 5.41) is 9.85. The van der Waals surface area contributed by atoms with Gasteiger partial charge in [-0.05, 0) is 53.9 Å². The first kappa shape index (κ1) is 14.3. The van der Waals surface area contributed by atoms with Gasteiger partial charge in [-0.1, -0.05) is 6.92 Å². The highest BCUT2D eigenvalue weighted by molar-refractivity contribution is 9.10. The van der Waals surface area contributed by atoms with Crippen molar-refractivity contribution in [2.75, 3.05) is 13.2 Å². The van der Waals surface area contributed by atoms with Crippen LogP contribution < -0.4 is 9.47 Å². The zero-order valence-corrected chi connectivity index (χ0v) is 12.1. The maximum Gasteiger partial charge on any atom is 0.175 e. The molecule has 0 radical (unpaired) electrons. The maximum absolute atomic E-state index is 9.85. The number of halogens is 1. The highest BCUT2D eigenvalue weighted by Gasteiger charge is 2.15. The monoisotopic (exact) mass is 302 g/mol. The Morgan fingerprint density at radius 2 is 1.82 bits per heavy atom. The molecule has 0 saturated carbocycles. The van der Waals surface area contributed by atoms with Gasteiger partial charge in [-0.2, -0.15) is 0 Å². The van der Waals surface area contributed by atoms with Crippen LogP contribution in [-0.2, 0) is 0 Å². The minimum Gasteiger partial charge on any atom is -0.490 e. The van der Waals surface area contributed by atoms with Gasteiger partial charge in [0.2, 0.25) is 0 Å². The summed E-state index contributed by atoms with van der Waals surface area (Å²) in [6.45, 7) is 6.94. The van der Waals surface area contributed by atoms with E-state index in [1.54, 1.807) is 0 Å². The topological polar surface area (TPSA) is 38.7 Å². The maximum atomic E-state index is 9.85. The Morgan fingerprint density at radius 3 is 2.35 bits per heavy atom. The van der Waals surface area contributed by atoms with Crippen LogP contribution in [0.15, 0.2) is 16.6 Å². The molecule has 0 fully saturated rings. The summed E-state index contributed by atoms with van der Waals surface area (Å²) in [7, 11) is 0. The van der Waals surface area contributed by atoms with Gasteiger partial charge in [0.25, 0.3) is 0 Å². The largest absolute Gasteiger partial charge is 0.490 e. The summed E-state index contributed by atoms with van der Waals surface area (Å²) >= 11 is 3.45. The van der Waals surface area contributed by atoms with Gasteiger partial charge in [-0.3, -0.25) is 0 Å². The van der Waals surface area contributed by atoms with Crippen molar-refractivity contribution in [1.82, 2.24) is 0 Å². The average Bonchev–Trinajstić information content (AvgIpc) is 2.32. The number of aliphatic hydroxyl groups excluding tert-OH is 1. The summed E-state index contributed by atoms with van der Waals surface area (Å²) < 4.78 is 11.9. The summed E-state index contributed by atoms with van der Waals surface area (Å²) in [6, 6.07) is 3.72. The lowest BCUT2D eigenvalue weighted by Crippen LogP contribution is -2.02. The molecule has 0 aromatic heterocycles. The molecular formula is C13H19BrO3. The van der Waals surface area contributed by atoms with E-state index in [4.69, 9.17) is 9.47 Å². The molecule has 17 heavy (non-hydrogen) atoms. The van der Waals surface area contributed by atoms with E-state index < -0.39 is 6.10 Å². The molecule has 0 heterocycles. The van der Waals surface area contributed by atoms with Crippen LogP contribution in [0, 0.1) is 0 Å². The number of rotatable bonds is 6. The summed E-state index contributed by atoms with van der Waals surface area (Å²) in [5.74, 6) is 1.37. The molecule has 0 aliphatic heterocycles. The lowest BCUT2D eigenvalue weighted by atomic mass is 10.1. The Balaban J connectivity index is 3.15. The number of benzene rings is 1. The van der Waals surface area contributed by atoms with Gasteiger partial charge < -0.3 is 14.6 Å². The van der Waals surface area contributed by atoms with Crippen LogP contribution in [0.5, 0.6) is 11.5 Å². The second-order valence-electron chi connectivity index (χ2n) is 3.62. The van der Waals surface area contributed by atoms with E-state index in [0.717, 1.165) is 10.0 Å². The predicted octanol–water partition coefficient (Wildman–Crippen LogP) is 3.69. The zero-order valence-electron chi connectivity index (χ0n) is 10.5. The fourth-order valence-corrected chi connectivity index (χ4v) is 2.14. The van der Waals surface area contributed by atoms with Crippen molar-refractivity contribution in [1.29, 1.82) is 0 Å². The molecule has 1 aromatic rings. The quantitative estimate of drug-likeness (QED) is 0.871. The first-order valence-electron chi connectivity index (χ1n) is 5.91. The Morgan fingerprint density at radius 1 is 1.18 bits per heavy atom. The van der Waals surface area contributed by atoms with E-state index in [0.29, 0.717) is 31.1 Å². The number of aliphatic hydroxyl groups is 1. The highest BCUT2D eigenvalue weighted by atomic mass is 79.9. The van der Waals surface area contributed by atoms with E-state index in [-0.39, 0.29) is 0 Å². The van der Waals surface area contributed by atoms with Crippen LogP contribution in [0.1, 0.15) is 38.9 Å². The zero-order chi connectivity index (χ0) is 12.8. The van der Waals surface area contributed by atoms with Crippen LogP contribution >= 0.6 is 15.9 Å². The molecule has 1 aromatic carbocycles. The van der Waals surface area contributed by atoms with Gasteiger partial charge in [-0.25, -0.2) is 0 Å². The van der Waals surface area contributed by atoms with Gasteiger partial charge in [-0.15, -0.1) is 0 Å². The molecule has 0 aliphatic carbocycles. The van der Waals surface area contributed by atoms with Crippen LogP contribution in [0.3, 0.4) is 0 Å². The fraction of sp³-hybridized carbons (Fsp3) is 0.538. The standard InChI is InChI=1S/C13H19BrO3/c1-4-11(15)9-7-10(14)13(17-6-3)12(8-9)16-5-2/h7-8,11,15H,4-6H2,1-3H3. The molecule has 0 saturated heterocycles. The number of ether oxygens (including phenoxy) is 2. The van der Waals surface area contributed by atoms with Crippen LogP contribution in [0.25, 0.3) is 0 Å². The minimum absolute atomic E-state index is 0.471. The molecule has 0 spiro atoms. The molecule has 1 atom stereocenters. The minimum atomic E-state index is -0.471. The number of hydrogen-bond acceptors (Lipinski definition) is 3. The first-order valence-corrected chi connectivity index (χ1v) is 6.70. The second-order valence-corrected chi connectivity index (χ2v) is 4.47. The normalized spacial score (nSPS) is 12.3. The van der Waals surface area contributed by atoms with Crippen molar-refractivity contribution in [3.63, 3.8) is 0 Å². The molecule has 96 valence electrons. The van der Waals surface area contributed by atoms with Crippen molar-refractivity contribution in [2.24, 2.45) is 0 Å². The van der Waals surface area contributed by atoms with Crippen LogP contribution in [0.2, 0.25) is 0 Å². The summed E-state index contributed by atoms with van der Waals surface area (Å²) in [6.07, 6.45) is 0.201. The highest BCUT2D eigenvalue weighted by Crippen LogP contribution is 2.38. The smallest absolute Gasteiger partial charge is 0.175 e. The number of hydrogen-bond donors (Lipinski definition) is 1. The summed E-state index contributed by atoms with van der Waals surface area (Å²) in [5.41, 5.74) is 0.839. The Hall–Kier alpha value is -0.740. The summed E-state index contributed by atoms with van der Waals surface area (Å²) in [4.78, 5) is 0. The molecule has 1 rings (SSSR count).